The van der Waals surface area contributed by atoms with Gasteiger partial charge < -0.3 is 20.4 Å². The number of rotatable bonds is 2. The number of anilines is 3. The van der Waals surface area contributed by atoms with Crippen LogP contribution >= 0.6 is 0 Å². The highest BCUT2D eigenvalue weighted by atomic mass is 16.3. The molecule has 0 saturated carbocycles. The van der Waals surface area contributed by atoms with Crippen LogP contribution in [0.4, 0.5) is 17.5 Å². The van der Waals surface area contributed by atoms with Crippen molar-refractivity contribution in [2.24, 2.45) is 0 Å². The quantitative estimate of drug-likeness (QED) is 0.691. The van der Waals surface area contributed by atoms with Crippen molar-refractivity contribution in [3.05, 3.63) is 34.5 Å². The first-order valence-electron chi connectivity index (χ1n) is 5.14. The van der Waals surface area contributed by atoms with Gasteiger partial charge in [0.15, 0.2) is 5.82 Å². The van der Waals surface area contributed by atoms with Gasteiger partial charge in [0.25, 0.3) is 5.56 Å². The molecule has 7 heteroatoms. The van der Waals surface area contributed by atoms with Gasteiger partial charge in [-0.05, 0) is 6.07 Å². The smallest absolute Gasteiger partial charge is 0.277 e. The fourth-order valence-electron chi connectivity index (χ4n) is 1.85. The molecular weight excluding hydrogens is 222 g/mol. The topological polar surface area (TPSA) is 100 Å². The summed E-state index contributed by atoms with van der Waals surface area (Å²) in [6, 6.07) is 1.87. The SMILES string of the molecule is Nc1nc2c(c(=O)[nH]1)NCN2Cc1ccoc1. The minimum absolute atomic E-state index is 0.120. The van der Waals surface area contributed by atoms with Gasteiger partial charge in [0.2, 0.25) is 5.95 Å². The molecule has 0 fully saturated rings. The molecule has 1 aliphatic heterocycles. The van der Waals surface area contributed by atoms with Gasteiger partial charge in [-0.1, -0.05) is 0 Å². The molecular formula is C10H11N5O2. The fraction of sp³-hybridized carbons (Fsp3) is 0.200. The average Bonchev–Trinajstić information content (AvgIpc) is 2.89. The summed E-state index contributed by atoms with van der Waals surface area (Å²) in [7, 11) is 0. The fourth-order valence-corrected chi connectivity index (χ4v) is 1.85. The molecule has 2 aromatic heterocycles. The molecule has 0 bridgehead atoms. The van der Waals surface area contributed by atoms with Gasteiger partial charge in [0.1, 0.15) is 5.69 Å². The lowest BCUT2D eigenvalue weighted by molar-refractivity contribution is 0.563. The van der Waals surface area contributed by atoms with E-state index in [9.17, 15) is 4.79 Å². The third-order valence-corrected chi connectivity index (χ3v) is 2.62. The van der Waals surface area contributed by atoms with Gasteiger partial charge in [-0.3, -0.25) is 9.78 Å². The van der Waals surface area contributed by atoms with Crippen molar-refractivity contribution in [2.75, 3.05) is 22.6 Å². The van der Waals surface area contributed by atoms with E-state index in [4.69, 9.17) is 10.2 Å². The van der Waals surface area contributed by atoms with Crippen LogP contribution in [0.15, 0.2) is 27.8 Å². The molecule has 0 spiro atoms. The first kappa shape index (κ1) is 9.76. The normalized spacial score (nSPS) is 13.5. The maximum atomic E-state index is 11.6. The van der Waals surface area contributed by atoms with E-state index in [1.54, 1.807) is 12.5 Å². The molecule has 0 unspecified atom stereocenters. The number of H-pyrrole nitrogens is 1. The van der Waals surface area contributed by atoms with Crippen LogP contribution < -0.4 is 21.5 Å². The summed E-state index contributed by atoms with van der Waals surface area (Å²) in [6.45, 7) is 1.15. The molecule has 2 aromatic rings. The number of nitrogen functional groups attached to an aromatic ring is 1. The minimum atomic E-state index is -0.248. The molecule has 88 valence electrons. The van der Waals surface area contributed by atoms with Crippen molar-refractivity contribution in [3.8, 4) is 0 Å². The van der Waals surface area contributed by atoms with E-state index >= 15 is 0 Å². The van der Waals surface area contributed by atoms with E-state index in [0.29, 0.717) is 24.7 Å². The largest absolute Gasteiger partial charge is 0.472 e. The molecule has 3 rings (SSSR count). The number of nitrogens with one attached hydrogen (secondary N) is 2. The Morgan fingerprint density at radius 1 is 1.59 bits per heavy atom. The molecule has 0 aliphatic carbocycles. The predicted octanol–water partition coefficient (Wildman–Crippen LogP) is 0.335. The number of aromatic amines is 1. The van der Waals surface area contributed by atoms with Crippen molar-refractivity contribution < 1.29 is 4.42 Å². The lowest BCUT2D eigenvalue weighted by Crippen LogP contribution is -2.22. The zero-order valence-electron chi connectivity index (χ0n) is 8.93. The molecule has 4 N–H and O–H groups in total. The Labute approximate surface area is 96.3 Å². The lowest BCUT2D eigenvalue weighted by atomic mass is 10.3. The number of nitrogens with two attached hydrogens (primary N) is 1. The number of aromatic nitrogens is 2. The summed E-state index contributed by atoms with van der Waals surface area (Å²) in [4.78, 5) is 20.1. The van der Waals surface area contributed by atoms with Crippen LogP contribution in [0.3, 0.4) is 0 Å². The summed E-state index contributed by atoms with van der Waals surface area (Å²) in [5.41, 5.74) is 6.75. The maximum absolute atomic E-state index is 11.6. The van der Waals surface area contributed by atoms with Gasteiger partial charge in [-0.2, -0.15) is 4.98 Å². The highest BCUT2D eigenvalue weighted by Crippen LogP contribution is 2.26. The molecule has 0 radical (unpaired) electrons. The summed E-state index contributed by atoms with van der Waals surface area (Å²) in [6.07, 6.45) is 3.27. The van der Waals surface area contributed by atoms with Crippen molar-refractivity contribution in [3.63, 3.8) is 0 Å². The molecule has 0 atom stereocenters. The molecule has 3 heterocycles. The number of hydrogen-bond donors (Lipinski definition) is 3. The van der Waals surface area contributed by atoms with Gasteiger partial charge in [0, 0.05) is 12.1 Å². The molecule has 17 heavy (non-hydrogen) atoms. The van der Waals surface area contributed by atoms with Gasteiger partial charge in [0.05, 0.1) is 19.2 Å². The van der Waals surface area contributed by atoms with Crippen LogP contribution in [0.5, 0.6) is 0 Å². The number of hydrogen-bond acceptors (Lipinski definition) is 6. The summed E-state index contributed by atoms with van der Waals surface area (Å²) in [5.74, 6) is 0.696. The van der Waals surface area contributed by atoms with Crippen molar-refractivity contribution in [1.29, 1.82) is 0 Å². The Bertz CT molecular complexity index is 589. The standard InChI is InChI=1S/C10H11N5O2/c11-10-13-8-7(9(16)14-10)12-5-15(8)3-6-1-2-17-4-6/h1-2,4,12H,3,5H2,(H3,11,13,14,16). The van der Waals surface area contributed by atoms with Crippen molar-refractivity contribution in [2.45, 2.75) is 6.54 Å². The zero-order valence-corrected chi connectivity index (χ0v) is 8.93. The summed E-state index contributed by atoms with van der Waals surface area (Å²) in [5, 5.41) is 2.99. The second-order valence-corrected chi connectivity index (χ2v) is 3.81. The van der Waals surface area contributed by atoms with E-state index < -0.39 is 0 Å². The Kier molecular flexibility index (Phi) is 2.04. The van der Waals surface area contributed by atoms with E-state index in [1.807, 2.05) is 11.0 Å². The van der Waals surface area contributed by atoms with Crippen LogP contribution in [0.1, 0.15) is 5.56 Å². The highest BCUT2D eigenvalue weighted by molar-refractivity contribution is 5.70. The first-order chi connectivity index (χ1) is 8.24. The van der Waals surface area contributed by atoms with Crippen LogP contribution in [0.2, 0.25) is 0 Å². The predicted molar refractivity (Wildman–Crippen MR) is 62.7 cm³/mol. The Balaban J connectivity index is 1.96. The number of fused-ring (bicyclic) bond motifs is 1. The number of nitrogens with zero attached hydrogens (tertiary/aromatic N) is 2. The van der Waals surface area contributed by atoms with Crippen molar-refractivity contribution >= 4 is 17.5 Å². The van der Waals surface area contributed by atoms with E-state index in [2.05, 4.69) is 15.3 Å². The van der Waals surface area contributed by atoms with Crippen molar-refractivity contribution in [1.82, 2.24) is 9.97 Å². The van der Waals surface area contributed by atoms with Crippen LogP contribution in [0.25, 0.3) is 0 Å². The summed E-state index contributed by atoms with van der Waals surface area (Å²) >= 11 is 0. The zero-order chi connectivity index (χ0) is 11.8. The van der Waals surface area contributed by atoms with Gasteiger partial charge >= 0.3 is 0 Å². The van der Waals surface area contributed by atoms with Gasteiger partial charge in [-0.25, -0.2) is 0 Å². The molecule has 7 nitrogen and oxygen atoms in total. The van der Waals surface area contributed by atoms with E-state index in [-0.39, 0.29) is 11.5 Å². The third-order valence-electron chi connectivity index (χ3n) is 2.62. The molecule has 0 aromatic carbocycles. The Hall–Kier alpha value is -2.44. The second-order valence-electron chi connectivity index (χ2n) is 3.81. The van der Waals surface area contributed by atoms with Gasteiger partial charge in [-0.15, -0.1) is 0 Å². The Morgan fingerprint density at radius 2 is 2.47 bits per heavy atom. The third kappa shape index (κ3) is 1.61. The van der Waals surface area contributed by atoms with Crippen LogP contribution in [-0.2, 0) is 6.54 Å². The molecule has 0 amide bonds. The average molecular weight is 233 g/mol. The van der Waals surface area contributed by atoms with Crippen LogP contribution in [-0.4, -0.2) is 16.6 Å². The Morgan fingerprint density at radius 3 is 3.24 bits per heavy atom. The van der Waals surface area contributed by atoms with E-state index in [1.165, 1.54) is 0 Å². The van der Waals surface area contributed by atoms with E-state index in [0.717, 1.165) is 5.56 Å². The first-order valence-corrected chi connectivity index (χ1v) is 5.14. The maximum Gasteiger partial charge on any atom is 0.277 e. The minimum Gasteiger partial charge on any atom is -0.472 e. The highest BCUT2D eigenvalue weighted by Gasteiger charge is 2.23. The molecule has 1 aliphatic rings. The lowest BCUT2D eigenvalue weighted by Gasteiger charge is -2.15. The molecule has 0 saturated heterocycles. The monoisotopic (exact) mass is 233 g/mol. The summed E-state index contributed by atoms with van der Waals surface area (Å²) < 4.78 is 5.00. The number of furan rings is 1. The van der Waals surface area contributed by atoms with Crippen LogP contribution in [0, 0.1) is 0 Å². The second kappa shape index (κ2) is 3.55.